The maximum Gasteiger partial charge on any atom is 0.318 e. The summed E-state index contributed by atoms with van der Waals surface area (Å²) in [6.45, 7) is 3.15. The Hall–Kier alpha value is -1.91. The maximum absolute atomic E-state index is 11.9. The average molecular weight is 236 g/mol. The molecule has 0 fully saturated rings. The summed E-state index contributed by atoms with van der Waals surface area (Å²) in [6, 6.07) is 3.61. The summed E-state index contributed by atoms with van der Waals surface area (Å²) < 4.78 is 0. The van der Waals surface area contributed by atoms with Gasteiger partial charge in [0.05, 0.1) is 0 Å². The summed E-state index contributed by atoms with van der Waals surface area (Å²) in [5.74, 6) is -1.55. The van der Waals surface area contributed by atoms with Crippen molar-refractivity contribution in [1.29, 1.82) is 0 Å². The van der Waals surface area contributed by atoms with Crippen LogP contribution in [0.15, 0.2) is 24.5 Å². The average Bonchev–Trinajstić information content (AvgIpc) is 2.29. The van der Waals surface area contributed by atoms with Crippen molar-refractivity contribution >= 4 is 11.9 Å². The van der Waals surface area contributed by atoms with Gasteiger partial charge in [0.2, 0.25) is 5.91 Å². The van der Waals surface area contributed by atoms with Crippen molar-refractivity contribution in [2.45, 2.75) is 20.4 Å². The van der Waals surface area contributed by atoms with E-state index in [-0.39, 0.29) is 0 Å². The lowest BCUT2D eigenvalue weighted by Crippen LogP contribution is -2.43. The molecule has 0 aliphatic rings. The second-order valence-electron chi connectivity index (χ2n) is 4.45. The van der Waals surface area contributed by atoms with E-state index >= 15 is 0 Å². The predicted octanol–water partition coefficient (Wildman–Crippen LogP) is 1.15. The molecule has 1 amide bonds. The summed E-state index contributed by atoms with van der Waals surface area (Å²) in [7, 11) is 1.58. The maximum atomic E-state index is 11.9. The highest BCUT2D eigenvalue weighted by atomic mass is 16.4. The quantitative estimate of drug-likeness (QED) is 0.796. The van der Waals surface area contributed by atoms with Crippen LogP contribution in [0.25, 0.3) is 0 Å². The first-order valence-electron chi connectivity index (χ1n) is 5.23. The molecule has 0 radical (unpaired) electrons. The summed E-state index contributed by atoms with van der Waals surface area (Å²) in [4.78, 5) is 28.2. The smallest absolute Gasteiger partial charge is 0.318 e. The van der Waals surface area contributed by atoms with Crippen molar-refractivity contribution in [3.05, 3.63) is 30.1 Å². The molecular formula is C12H16N2O3. The number of aromatic nitrogens is 1. The van der Waals surface area contributed by atoms with Crippen molar-refractivity contribution in [3.63, 3.8) is 0 Å². The number of amides is 1. The van der Waals surface area contributed by atoms with Gasteiger partial charge >= 0.3 is 5.97 Å². The van der Waals surface area contributed by atoms with E-state index < -0.39 is 17.3 Å². The Kier molecular flexibility index (Phi) is 3.83. The number of aliphatic carboxylic acids is 1. The standard InChI is InChI=1S/C12H16N2O3/c1-12(2,11(16)17)10(15)14(3)8-9-5-4-6-13-7-9/h4-7H,8H2,1-3H3,(H,16,17). The summed E-state index contributed by atoms with van der Waals surface area (Å²) in [6.07, 6.45) is 3.30. The highest BCUT2D eigenvalue weighted by Gasteiger charge is 2.38. The number of rotatable bonds is 4. The molecule has 1 rings (SSSR count). The molecule has 0 aliphatic carbocycles. The molecule has 0 saturated heterocycles. The van der Waals surface area contributed by atoms with Gasteiger partial charge in [-0.25, -0.2) is 0 Å². The lowest BCUT2D eigenvalue weighted by Gasteiger charge is -2.25. The second kappa shape index (κ2) is 4.95. The molecule has 0 bridgehead atoms. The van der Waals surface area contributed by atoms with E-state index in [1.165, 1.54) is 18.7 Å². The van der Waals surface area contributed by atoms with Crippen LogP contribution in [-0.4, -0.2) is 33.9 Å². The van der Waals surface area contributed by atoms with Gasteiger partial charge in [0, 0.05) is 26.0 Å². The van der Waals surface area contributed by atoms with Crippen molar-refractivity contribution in [2.75, 3.05) is 7.05 Å². The minimum Gasteiger partial charge on any atom is -0.480 e. The number of hydrogen-bond donors (Lipinski definition) is 1. The monoisotopic (exact) mass is 236 g/mol. The van der Waals surface area contributed by atoms with Crippen molar-refractivity contribution in [2.24, 2.45) is 5.41 Å². The third-order valence-corrected chi connectivity index (χ3v) is 2.56. The Morgan fingerprint density at radius 2 is 2.12 bits per heavy atom. The first-order valence-corrected chi connectivity index (χ1v) is 5.23. The molecule has 5 heteroatoms. The minimum absolute atomic E-state index is 0.351. The topological polar surface area (TPSA) is 70.5 Å². The molecule has 1 heterocycles. The van der Waals surface area contributed by atoms with E-state index in [9.17, 15) is 9.59 Å². The fourth-order valence-corrected chi connectivity index (χ4v) is 1.41. The minimum atomic E-state index is -1.41. The molecule has 0 atom stereocenters. The number of pyridine rings is 1. The molecule has 1 aromatic rings. The SMILES string of the molecule is CN(Cc1cccnc1)C(=O)C(C)(C)C(=O)O. The molecule has 17 heavy (non-hydrogen) atoms. The Balaban J connectivity index is 2.75. The van der Waals surface area contributed by atoms with Gasteiger partial charge < -0.3 is 10.0 Å². The van der Waals surface area contributed by atoms with Crippen LogP contribution in [0.3, 0.4) is 0 Å². The van der Waals surface area contributed by atoms with Gasteiger partial charge in [-0.2, -0.15) is 0 Å². The molecular weight excluding hydrogens is 220 g/mol. The highest BCUT2D eigenvalue weighted by molar-refractivity contribution is 6.00. The van der Waals surface area contributed by atoms with E-state index in [0.717, 1.165) is 5.56 Å². The predicted molar refractivity (Wildman–Crippen MR) is 62.1 cm³/mol. The third kappa shape index (κ3) is 3.03. The van der Waals surface area contributed by atoms with Crippen molar-refractivity contribution in [1.82, 2.24) is 9.88 Å². The van der Waals surface area contributed by atoms with Crippen LogP contribution in [-0.2, 0) is 16.1 Å². The number of carboxylic acid groups (broad SMARTS) is 1. The second-order valence-corrected chi connectivity index (χ2v) is 4.45. The van der Waals surface area contributed by atoms with Gasteiger partial charge in [-0.3, -0.25) is 14.6 Å². The van der Waals surface area contributed by atoms with Gasteiger partial charge in [0.15, 0.2) is 0 Å². The fraction of sp³-hybridized carbons (Fsp3) is 0.417. The van der Waals surface area contributed by atoms with Crippen LogP contribution < -0.4 is 0 Å². The lowest BCUT2D eigenvalue weighted by molar-refractivity contribution is -0.157. The van der Waals surface area contributed by atoms with Gasteiger partial charge in [0.1, 0.15) is 5.41 Å². The van der Waals surface area contributed by atoms with Gasteiger partial charge in [-0.05, 0) is 25.5 Å². The molecule has 1 aromatic heterocycles. The first-order chi connectivity index (χ1) is 7.85. The van der Waals surface area contributed by atoms with Crippen LogP contribution in [0.1, 0.15) is 19.4 Å². The zero-order valence-electron chi connectivity index (χ0n) is 10.2. The summed E-state index contributed by atoms with van der Waals surface area (Å²) in [5.41, 5.74) is -0.540. The van der Waals surface area contributed by atoms with Gasteiger partial charge in [0.25, 0.3) is 0 Å². The molecule has 0 aliphatic heterocycles. The zero-order chi connectivity index (χ0) is 13.1. The molecule has 5 nitrogen and oxygen atoms in total. The summed E-state index contributed by atoms with van der Waals surface area (Å²) in [5, 5.41) is 8.97. The fourth-order valence-electron chi connectivity index (χ4n) is 1.41. The molecule has 1 N–H and O–H groups in total. The highest BCUT2D eigenvalue weighted by Crippen LogP contribution is 2.19. The van der Waals surface area contributed by atoms with Crippen molar-refractivity contribution < 1.29 is 14.7 Å². The normalized spacial score (nSPS) is 11.0. The molecule has 0 aromatic carbocycles. The van der Waals surface area contributed by atoms with Crippen molar-refractivity contribution in [3.8, 4) is 0 Å². The molecule has 92 valence electrons. The number of carbonyl (C=O) groups excluding carboxylic acids is 1. The molecule has 0 unspecified atom stereocenters. The van der Waals surface area contributed by atoms with E-state index in [0.29, 0.717) is 6.54 Å². The lowest BCUT2D eigenvalue weighted by atomic mass is 9.92. The van der Waals surface area contributed by atoms with E-state index in [4.69, 9.17) is 5.11 Å². The van der Waals surface area contributed by atoms with Gasteiger partial charge in [-0.1, -0.05) is 6.07 Å². The largest absolute Gasteiger partial charge is 0.480 e. The number of carboxylic acids is 1. The first kappa shape index (κ1) is 13.2. The Morgan fingerprint density at radius 1 is 1.47 bits per heavy atom. The van der Waals surface area contributed by atoms with E-state index in [1.54, 1.807) is 25.5 Å². The number of hydrogen-bond acceptors (Lipinski definition) is 3. The zero-order valence-corrected chi connectivity index (χ0v) is 10.2. The Bertz CT molecular complexity index is 415. The number of carbonyl (C=O) groups is 2. The van der Waals surface area contributed by atoms with Crippen LogP contribution in [0, 0.1) is 5.41 Å². The van der Waals surface area contributed by atoms with Crippen LogP contribution in [0.2, 0.25) is 0 Å². The Labute approximate surface area is 100 Å². The van der Waals surface area contributed by atoms with Crippen LogP contribution in [0.5, 0.6) is 0 Å². The number of nitrogens with zero attached hydrogens (tertiary/aromatic N) is 2. The van der Waals surface area contributed by atoms with E-state index in [2.05, 4.69) is 4.98 Å². The molecule has 0 saturated carbocycles. The van der Waals surface area contributed by atoms with Crippen LogP contribution in [0.4, 0.5) is 0 Å². The van der Waals surface area contributed by atoms with Gasteiger partial charge in [-0.15, -0.1) is 0 Å². The molecule has 0 spiro atoms. The third-order valence-electron chi connectivity index (χ3n) is 2.56. The van der Waals surface area contributed by atoms with E-state index in [1.807, 2.05) is 6.07 Å². The van der Waals surface area contributed by atoms with Crippen LogP contribution >= 0.6 is 0 Å². The Morgan fingerprint density at radius 3 is 2.59 bits per heavy atom. The summed E-state index contributed by atoms with van der Waals surface area (Å²) >= 11 is 0.